The molecule has 6 nitrogen and oxygen atoms in total. The van der Waals surface area contributed by atoms with Gasteiger partial charge in [0.05, 0.1) is 0 Å². The summed E-state index contributed by atoms with van der Waals surface area (Å²) in [5.41, 5.74) is 0.576. The molecule has 8 heteroatoms. The Hall–Kier alpha value is -2.05. The van der Waals surface area contributed by atoms with E-state index in [9.17, 15) is 14.4 Å². The Bertz CT molecular complexity index is 632. The maximum atomic E-state index is 11.7. The lowest BCUT2D eigenvalue weighted by atomic mass is 10.2. The van der Waals surface area contributed by atoms with Gasteiger partial charge in [0.15, 0.2) is 6.10 Å². The van der Waals surface area contributed by atoms with Crippen molar-refractivity contribution < 1.29 is 19.1 Å². The third kappa shape index (κ3) is 6.71. The Morgan fingerprint density at radius 2 is 2.00 bits per heavy atom. The summed E-state index contributed by atoms with van der Waals surface area (Å²) in [7, 11) is 0. The third-order valence-electron chi connectivity index (χ3n) is 2.60. The van der Waals surface area contributed by atoms with Gasteiger partial charge in [0.25, 0.3) is 5.91 Å². The molecule has 0 saturated heterocycles. The van der Waals surface area contributed by atoms with Crippen molar-refractivity contribution in [1.82, 2.24) is 10.6 Å². The summed E-state index contributed by atoms with van der Waals surface area (Å²) in [5.74, 6) is -1.46. The average Bonchev–Trinajstić information content (AvgIpc) is 2.46. The molecule has 124 valence electrons. The minimum Gasteiger partial charge on any atom is -0.449 e. The lowest BCUT2D eigenvalue weighted by Gasteiger charge is -2.11. The minimum absolute atomic E-state index is 0.373. The van der Waals surface area contributed by atoms with Gasteiger partial charge in [-0.05, 0) is 37.6 Å². The van der Waals surface area contributed by atoms with Crippen LogP contribution in [0.2, 0.25) is 10.0 Å². The van der Waals surface area contributed by atoms with Crippen molar-refractivity contribution in [3.05, 3.63) is 39.9 Å². The normalized spacial score (nSPS) is 11.8. The molecule has 0 aliphatic heterocycles. The molecule has 0 aliphatic carbocycles. The highest BCUT2D eigenvalue weighted by Crippen LogP contribution is 2.21. The van der Waals surface area contributed by atoms with Crippen LogP contribution in [0.3, 0.4) is 0 Å². The first kappa shape index (κ1) is 19.0. The zero-order valence-electron chi connectivity index (χ0n) is 12.6. The fourth-order valence-corrected chi connectivity index (χ4v) is 1.95. The van der Waals surface area contributed by atoms with Crippen molar-refractivity contribution in [2.24, 2.45) is 0 Å². The van der Waals surface area contributed by atoms with Gasteiger partial charge in [0, 0.05) is 22.7 Å². The van der Waals surface area contributed by atoms with Crippen molar-refractivity contribution in [2.75, 3.05) is 6.54 Å². The maximum absolute atomic E-state index is 11.7. The number of esters is 1. The summed E-state index contributed by atoms with van der Waals surface area (Å²) in [4.78, 5) is 34.5. The predicted octanol–water partition coefficient (Wildman–Crippen LogP) is 2.78. The number of rotatable bonds is 5. The highest BCUT2D eigenvalue weighted by molar-refractivity contribution is 6.35. The number of hydrogen-bond acceptors (Lipinski definition) is 4. The molecule has 1 aromatic carbocycles. The first-order chi connectivity index (χ1) is 10.8. The molecule has 3 amide bonds. The number of imide groups is 1. The van der Waals surface area contributed by atoms with Crippen LogP contribution in [-0.2, 0) is 14.3 Å². The van der Waals surface area contributed by atoms with Crippen LogP contribution in [-0.4, -0.2) is 30.6 Å². The topological polar surface area (TPSA) is 84.5 Å². The summed E-state index contributed by atoms with van der Waals surface area (Å²) in [5, 5.41) is 5.30. The lowest BCUT2D eigenvalue weighted by molar-refractivity contribution is -0.149. The molecule has 1 rings (SSSR count). The van der Waals surface area contributed by atoms with Crippen LogP contribution in [0.5, 0.6) is 0 Å². The van der Waals surface area contributed by atoms with Crippen LogP contribution < -0.4 is 10.6 Å². The highest BCUT2D eigenvalue weighted by atomic mass is 35.5. The number of ether oxygens (including phenoxy) is 1. The van der Waals surface area contributed by atoms with Crippen molar-refractivity contribution in [2.45, 2.75) is 20.0 Å². The molecule has 0 aromatic heterocycles. The van der Waals surface area contributed by atoms with Gasteiger partial charge < -0.3 is 10.1 Å². The number of urea groups is 1. The van der Waals surface area contributed by atoms with Crippen molar-refractivity contribution >= 4 is 47.2 Å². The number of nitrogens with one attached hydrogen (secondary N) is 2. The van der Waals surface area contributed by atoms with Crippen LogP contribution in [0.15, 0.2) is 24.3 Å². The number of halogens is 2. The van der Waals surface area contributed by atoms with E-state index >= 15 is 0 Å². The van der Waals surface area contributed by atoms with E-state index in [1.54, 1.807) is 19.1 Å². The van der Waals surface area contributed by atoms with Crippen molar-refractivity contribution in [3.63, 3.8) is 0 Å². The summed E-state index contributed by atoms with van der Waals surface area (Å²) < 4.78 is 4.89. The highest BCUT2D eigenvalue weighted by Gasteiger charge is 2.18. The molecule has 1 aromatic rings. The second-order valence-electron chi connectivity index (χ2n) is 4.43. The fraction of sp³-hybridized carbons (Fsp3) is 0.267. The molecule has 0 aliphatic rings. The van der Waals surface area contributed by atoms with Gasteiger partial charge in [0.1, 0.15) is 0 Å². The van der Waals surface area contributed by atoms with E-state index in [2.05, 4.69) is 5.32 Å². The molecule has 23 heavy (non-hydrogen) atoms. The first-order valence-corrected chi connectivity index (χ1v) is 7.51. The van der Waals surface area contributed by atoms with Crippen LogP contribution in [0.25, 0.3) is 6.08 Å². The zero-order valence-corrected chi connectivity index (χ0v) is 14.1. The summed E-state index contributed by atoms with van der Waals surface area (Å²) in [6.07, 6.45) is 1.45. The fourth-order valence-electron chi connectivity index (χ4n) is 1.48. The number of benzene rings is 1. The van der Waals surface area contributed by atoms with Crippen LogP contribution in [0, 0.1) is 0 Å². The molecule has 0 bridgehead atoms. The second kappa shape index (κ2) is 9.17. The second-order valence-corrected chi connectivity index (χ2v) is 5.27. The third-order valence-corrected chi connectivity index (χ3v) is 3.16. The number of carbonyl (C=O) groups excluding carboxylic acids is 3. The average molecular weight is 359 g/mol. The van der Waals surface area contributed by atoms with Crippen molar-refractivity contribution in [1.29, 1.82) is 0 Å². The molecular formula is C15H16Cl2N2O4. The molecule has 1 atom stereocenters. The lowest BCUT2D eigenvalue weighted by Crippen LogP contribution is -2.44. The molecule has 1 unspecified atom stereocenters. The smallest absolute Gasteiger partial charge is 0.331 e. The molecule has 0 heterocycles. The van der Waals surface area contributed by atoms with Gasteiger partial charge in [-0.25, -0.2) is 9.59 Å². The van der Waals surface area contributed by atoms with E-state index < -0.39 is 24.0 Å². The number of amides is 3. The maximum Gasteiger partial charge on any atom is 0.331 e. The van der Waals surface area contributed by atoms with Gasteiger partial charge in [0.2, 0.25) is 0 Å². The molecule has 0 fully saturated rings. The van der Waals surface area contributed by atoms with E-state index in [0.717, 1.165) is 6.08 Å². The first-order valence-electron chi connectivity index (χ1n) is 6.76. The van der Waals surface area contributed by atoms with Crippen LogP contribution >= 0.6 is 23.2 Å². The van der Waals surface area contributed by atoms with Crippen LogP contribution in [0.4, 0.5) is 4.79 Å². The van der Waals surface area contributed by atoms with Crippen molar-refractivity contribution in [3.8, 4) is 0 Å². The van der Waals surface area contributed by atoms with E-state index in [-0.39, 0.29) is 0 Å². The zero-order chi connectivity index (χ0) is 17.4. The standard InChI is InChI=1S/C15H16Cl2N2O4/c1-3-18-15(22)19-14(21)9(2)23-13(20)7-5-10-4-6-11(16)8-12(10)17/h4-9H,3H2,1-2H3,(H2,18,19,21,22)/b7-5+. The SMILES string of the molecule is CCNC(=O)NC(=O)C(C)OC(=O)/C=C/c1ccc(Cl)cc1Cl. The number of carbonyl (C=O) groups is 3. The molecule has 2 N–H and O–H groups in total. The number of hydrogen-bond donors (Lipinski definition) is 2. The molecule has 0 saturated carbocycles. The van der Waals surface area contributed by atoms with Gasteiger partial charge in [-0.2, -0.15) is 0 Å². The minimum atomic E-state index is -1.12. The Balaban J connectivity index is 2.56. The quantitative estimate of drug-likeness (QED) is 0.626. The van der Waals surface area contributed by atoms with E-state index in [4.69, 9.17) is 27.9 Å². The summed E-state index contributed by atoms with van der Waals surface area (Å²) in [6.45, 7) is 3.44. The molecule has 0 radical (unpaired) electrons. The van der Waals surface area contributed by atoms with E-state index in [1.807, 2.05) is 5.32 Å². The van der Waals surface area contributed by atoms with E-state index in [1.165, 1.54) is 19.1 Å². The Morgan fingerprint density at radius 1 is 1.30 bits per heavy atom. The predicted molar refractivity (Wildman–Crippen MR) is 88.3 cm³/mol. The Labute approximate surface area is 143 Å². The summed E-state index contributed by atoms with van der Waals surface area (Å²) >= 11 is 11.7. The van der Waals surface area contributed by atoms with Gasteiger partial charge in [-0.1, -0.05) is 29.3 Å². The van der Waals surface area contributed by atoms with E-state index in [0.29, 0.717) is 22.2 Å². The monoisotopic (exact) mass is 358 g/mol. The molecule has 0 spiro atoms. The summed E-state index contributed by atoms with van der Waals surface area (Å²) in [6, 6.07) is 4.15. The van der Waals surface area contributed by atoms with Gasteiger partial charge in [-0.3, -0.25) is 10.1 Å². The van der Waals surface area contributed by atoms with Gasteiger partial charge in [-0.15, -0.1) is 0 Å². The Kier molecular flexibility index (Phi) is 7.57. The largest absolute Gasteiger partial charge is 0.449 e. The molecular weight excluding hydrogens is 343 g/mol. The van der Waals surface area contributed by atoms with Gasteiger partial charge >= 0.3 is 12.0 Å². The van der Waals surface area contributed by atoms with Crippen LogP contribution in [0.1, 0.15) is 19.4 Å². The Morgan fingerprint density at radius 3 is 2.61 bits per heavy atom.